The second-order valence-electron chi connectivity index (χ2n) is 7.83. The number of fused-ring (bicyclic) bond motifs is 1. The van der Waals surface area contributed by atoms with Gasteiger partial charge in [-0.1, -0.05) is 25.4 Å². The maximum atomic E-state index is 13.4. The topological polar surface area (TPSA) is 65.4 Å². The third-order valence-electron chi connectivity index (χ3n) is 5.17. The number of nitrogens with one attached hydrogen (secondary N) is 2. The number of halogens is 3. The molecule has 0 aliphatic carbocycles. The van der Waals surface area contributed by atoms with Crippen LogP contribution < -0.4 is 10.6 Å². The summed E-state index contributed by atoms with van der Waals surface area (Å²) >= 11 is 12.0. The van der Waals surface area contributed by atoms with Gasteiger partial charge < -0.3 is 15.5 Å². The van der Waals surface area contributed by atoms with Gasteiger partial charge in [-0.25, -0.2) is 14.4 Å². The molecule has 9 heteroatoms. The molecular weight excluding hydrogens is 402 g/mol. The molecule has 148 valence electrons. The number of piperidine rings is 1. The Hall–Kier alpha value is -2.12. The van der Waals surface area contributed by atoms with Crippen molar-refractivity contribution in [1.82, 2.24) is 14.9 Å². The molecule has 1 fully saturated rings. The number of nitrogens with zero attached hydrogens (tertiary/aromatic N) is 4. The van der Waals surface area contributed by atoms with Crippen LogP contribution in [0.2, 0.25) is 10.3 Å². The summed E-state index contributed by atoms with van der Waals surface area (Å²) < 4.78 is 13.4. The van der Waals surface area contributed by atoms with E-state index in [0.29, 0.717) is 29.2 Å². The van der Waals surface area contributed by atoms with E-state index in [2.05, 4.69) is 44.3 Å². The van der Waals surface area contributed by atoms with E-state index in [1.165, 1.54) is 12.1 Å². The summed E-state index contributed by atoms with van der Waals surface area (Å²) in [6.45, 7) is 6.89. The average molecular weight is 423 g/mol. The number of hydrogen-bond acceptors (Lipinski definition) is 6. The Morgan fingerprint density at radius 1 is 1.18 bits per heavy atom. The molecule has 2 N–H and O–H groups in total. The quantitative estimate of drug-likeness (QED) is 0.661. The Morgan fingerprint density at radius 2 is 1.93 bits per heavy atom. The largest absolute Gasteiger partial charge is 0.343 e. The van der Waals surface area contributed by atoms with Crippen LogP contribution >= 0.6 is 23.2 Å². The van der Waals surface area contributed by atoms with E-state index in [4.69, 9.17) is 23.2 Å². The smallest absolute Gasteiger partial charge is 0.224 e. The standard InChI is InChI=1S/C19H21Cl2FN6/c1-19(2)5-7-28(8-6-19)18-23-10-14-15(26-18)16(27-17(21)25-14)24-11-3-4-13(22)12(20)9-11/h3-4,9H,5-8,10H2,1-2H3,(H,23,26)(H,24,25,27). The van der Waals surface area contributed by atoms with E-state index >= 15 is 0 Å². The molecule has 1 aromatic heterocycles. The molecule has 2 aliphatic rings. The fourth-order valence-corrected chi connectivity index (χ4v) is 3.69. The first kappa shape index (κ1) is 19.2. The number of hydrogen-bond donors (Lipinski definition) is 2. The number of aliphatic imine (C=N–C) groups is 1. The van der Waals surface area contributed by atoms with E-state index in [1.807, 2.05) is 0 Å². The molecule has 1 saturated heterocycles. The van der Waals surface area contributed by atoms with Crippen molar-refractivity contribution in [1.29, 1.82) is 0 Å². The van der Waals surface area contributed by atoms with Gasteiger partial charge in [0, 0.05) is 18.8 Å². The number of aromatic nitrogens is 2. The van der Waals surface area contributed by atoms with Crippen LogP contribution in [-0.2, 0) is 6.54 Å². The molecule has 4 rings (SSSR count). The average Bonchev–Trinajstić information content (AvgIpc) is 2.64. The van der Waals surface area contributed by atoms with Gasteiger partial charge in [-0.05, 0) is 48.1 Å². The number of anilines is 3. The Labute approximate surface area is 173 Å². The van der Waals surface area contributed by atoms with Gasteiger partial charge in [0.25, 0.3) is 0 Å². The first-order chi connectivity index (χ1) is 13.3. The van der Waals surface area contributed by atoms with Crippen LogP contribution in [0.25, 0.3) is 0 Å². The second-order valence-corrected chi connectivity index (χ2v) is 8.58. The number of likely N-dealkylation sites (tertiary alicyclic amines) is 1. The lowest BCUT2D eigenvalue weighted by Crippen LogP contribution is -2.45. The minimum Gasteiger partial charge on any atom is -0.343 e. The minimum atomic E-state index is -0.476. The molecule has 0 radical (unpaired) electrons. The molecule has 6 nitrogen and oxygen atoms in total. The van der Waals surface area contributed by atoms with E-state index in [9.17, 15) is 4.39 Å². The Balaban J connectivity index is 1.58. The van der Waals surface area contributed by atoms with Gasteiger partial charge in [-0.3, -0.25) is 0 Å². The van der Waals surface area contributed by atoms with Crippen LogP contribution in [0.3, 0.4) is 0 Å². The molecule has 3 heterocycles. The van der Waals surface area contributed by atoms with Crippen LogP contribution in [0.15, 0.2) is 23.2 Å². The molecule has 28 heavy (non-hydrogen) atoms. The zero-order valence-corrected chi connectivity index (χ0v) is 17.2. The zero-order valence-electron chi connectivity index (χ0n) is 15.7. The van der Waals surface area contributed by atoms with Crippen LogP contribution in [0.4, 0.5) is 21.6 Å². The lowest BCUT2D eigenvalue weighted by atomic mass is 9.83. The predicted octanol–water partition coefficient (Wildman–Crippen LogP) is 5.07. The molecule has 0 saturated carbocycles. The summed E-state index contributed by atoms with van der Waals surface area (Å²) in [4.78, 5) is 15.5. The number of guanidine groups is 1. The number of rotatable bonds is 2. The molecule has 1 aromatic carbocycles. The maximum Gasteiger partial charge on any atom is 0.224 e. The molecule has 0 amide bonds. The summed E-state index contributed by atoms with van der Waals surface area (Å²) in [5.41, 5.74) is 2.39. The van der Waals surface area contributed by atoms with Crippen molar-refractivity contribution < 1.29 is 4.39 Å². The molecule has 0 unspecified atom stereocenters. The van der Waals surface area contributed by atoms with Crippen molar-refractivity contribution in [3.05, 3.63) is 40.0 Å². The number of benzene rings is 1. The van der Waals surface area contributed by atoms with Crippen LogP contribution in [0.5, 0.6) is 0 Å². The van der Waals surface area contributed by atoms with Gasteiger partial charge in [-0.15, -0.1) is 0 Å². The van der Waals surface area contributed by atoms with Gasteiger partial charge in [0.05, 0.1) is 17.3 Å². The Morgan fingerprint density at radius 3 is 2.64 bits per heavy atom. The second kappa shape index (κ2) is 7.37. The first-order valence-electron chi connectivity index (χ1n) is 9.16. The third-order valence-corrected chi connectivity index (χ3v) is 5.63. The maximum absolute atomic E-state index is 13.4. The van der Waals surface area contributed by atoms with E-state index in [1.54, 1.807) is 6.07 Å². The summed E-state index contributed by atoms with van der Waals surface area (Å²) in [7, 11) is 0. The van der Waals surface area contributed by atoms with Crippen molar-refractivity contribution in [2.45, 2.75) is 33.2 Å². The highest BCUT2D eigenvalue weighted by Crippen LogP contribution is 2.34. The molecule has 0 atom stereocenters. The summed E-state index contributed by atoms with van der Waals surface area (Å²) in [5, 5.41) is 6.67. The van der Waals surface area contributed by atoms with Crippen LogP contribution in [0, 0.1) is 11.2 Å². The summed E-state index contributed by atoms with van der Waals surface area (Å²) in [6, 6.07) is 4.40. The van der Waals surface area contributed by atoms with Crippen molar-refractivity contribution in [2.24, 2.45) is 10.4 Å². The summed E-state index contributed by atoms with van der Waals surface area (Å²) in [6.07, 6.45) is 2.22. The van der Waals surface area contributed by atoms with Crippen molar-refractivity contribution in [3.8, 4) is 0 Å². The van der Waals surface area contributed by atoms with Gasteiger partial charge in [0.2, 0.25) is 5.28 Å². The third kappa shape index (κ3) is 4.00. The van der Waals surface area contributed by atoms with Crippen molar-refractivity contribution >= 4 is 46.4 Å². The SMILES string of the molecule is CC1(C)CCN(C2=NCc3nc(Cl)nc(Nc4ccc(F)c(Cl)c4)c3N2)CC1. The van der Waals surface area contributed by atoms with E-state index < -0.39 is 5.82 Å². The summed E-state index contributed by atoms with van der Waals surface area (Å²) in [5.74, 6) is 0.840. The highest BCUT2D eigenvalue weighted by atomic mass is 35.5. The van der Waals surface area contributed by atoms with E-state index in [0.717, 1.165) is 37.6 Å². The van der Waals surface area contributed by atoms with Crippen LogP contribution in [0.1, 0.15) is 32.4 Å². The molecule has 2 aliphatic heterocycles. The predicted molar refractivity (Wildman–Crippen MR) is 111 cm³/mol. The minimum absolute atomic E-state index is 0.0326. The van der Waals surface area contributed by atoms with Gasteiger partial charge in [0.15, 0.2) is 11.8 Å². The molecule has 0 spiro atoms. The fourth-order valence-electron chi connectivity index (χ4n) is 3.33. The molecule has 2 aromatic rings. The monoisotopic (exact) mass is 422 g/mol. The zero-order chi connectivity index (χ0) is 19.9. The van der Waals surface area contributed by atoms with E-state index in [-0.39, 0.29) is 10.3 Å². The highest BCUT2D eigenvalue weighted by Gasteiger charge is 2.29. The Kier molecular flexibility index (Phi) is 5.05. The lowest BCUT2D eigenvalue weighted by molar-refractivity contribution is 0.188. The Bertz CT molecular complexity index is 936. The normalized spacial score (nSPS) is 18.2. The fraction of sp³-hybridized carbons (Fsp3) is 0.421. The molecule has 0 bridgehead atoms. The van der Waals surface area contributed by atoms with Crippen LogP contribution in [-0.4, -0.2) is 33.9 Å². The van der Waals surface area contributed by atoms with Gasteiger partial charge in [-0.2, -0.15) is 4.98 Å². The van der Waals surface area contributed by atoms with Crippen molar-refractivity contribution in [2.75, 3.05) is 23.7 Å². The van der Waals surface area contributed by atoms with Crippen molar-refractivity contribution in [3.63, 3.8) is 0 Å². The van der Waals surface area contributed by atoms with Gasteiger partial charge >= 0.3 is 0 Å². The van der Waals surface area contributed by atoms with Gasteiger partial charge in [0.1, 0.15) is 11.5 Å². The first-order valence-corrected chi connectivity index (χ1v) is 9.91. The highest BCUT2D eigenvalue weighted by molar-refractivity contribution is 6.31. The molecular formula is C19H21Cl2FN6. The lowest BCUT2D eigenvalue weighted by Gasteiger charge is -2.39.